The molecule has 1 N–H and O–H groups in total. The van der Waals surface area contributed by atoms with Gasteiger partial charge in [-0.25, -0.2) is 8.78 Å². The van der Waals surface area contributed by atoms with E-state index >= 15 is 0 Å². The van der Waals surface area contributed by atoms with E-state index in [9.17, 15) is 8.78 Å². The fourth-order valence-corrected chi connectivity index (χ4v) is 3.74. The highest BCUT2D eigenvalue weighted by Gasteiger charge is 2.38. The lowest BCUT2D eigenvalue weighted by Crippen LogP contribution is -2.41. The lowest BCUT2D eigenvalue weighted by atomic mass is 9.91. The van der Waals surface area contributed by atoms with Crippen LogP contribution >= 0.6 is 0 Å². The van der Waals surface area contributed by atoms with Gasteiger partial charge < -0.3 is 10.2 Å². The Balaban J connectivity index is 1.65. The summed E-state index contributed by atoms with van der Waals surface area (Å²) < 4.78 is 27.6. The summed E-state index contributed by atoms with van der Waals surface area (Å²) >= 11 is 0. The van der Waals surface area contributed by atoms with Gasteiger partial charge in [-0.2, -0.15) is 5.26 Å². The molecule has 1 aromatic carbocycles. The first-order valence-electron chi connectivity index (χ1n) is 7.43. The predicted molar refractivity (Wildman–Crippen MR) is 76.9 cm³/mol. The summed E-state index contributed by atoms with van der Waals surface area (Å²) in [6.45, 7) is 0.584. The highest BCUT2D eigenvalue weighted by molar-refractivity contribution is 5.50. The van der Waals surface area contributed by atoms with Crippen molar-refractivity contribution in [1.29, 1.82) is 5.26 Å². The summed E-state index contributed by atoms with van der Waals surface area (Å²) in [5.41, 5.74) is -0.104. The molecule has 2 saturated heterocycles. The number of fused-ring (bicyclic) bond motifs is 2. The first-order chi connectivity index (χ1) is 10.1. The van der Waals surface area contributed by atoms with Crippen LogP contribution < -0.4 is 5.32 Å². The molecule has 2 aliphatic rings. The summed E-state index contributed by atoms with van der Waals surface area (Å²) in [6.07, 6.45) is 4.63. The molecule has 3 rings (SSSR count). The molecule has 21 heavy (non-hydrogen) atoms. The van der Waals surface area contributed by atoms with E-state index in [2.05, 4.69) is 17.3 Å². The molecule has 2 fully saturated rings. The Morgan fingerprint density at radius 3 is 2.33 bits per heavy atom. The van der Waals surface area contributed by atoms with Gasteiger partial charge in [-0.3, -0.25) is 0 Å². The van der Waals surface area contributed by atoms with Gasteiger partial charge in [0.25, 0.3) is 0 Å². The standard InChI is InChI=1S/C16H19F2N3/c1-21-12-2-3-13(21)5-11(4-12)9-20-16-14(17)6-10(8-19)7-15(16)18/h6-7,11-13,20H,2-5,9H2,1H3. The minimum Gasteiger partial charge on any atom is -0.380 e. The van der Waals surface area contributed by atoms with E-state index in [-0.39, 0.29) is 11.3 Å². The number of rotatable bonds is 3. The Bertz CT molecular complexity index is 544. The highest BCUT2D eigenvalue weighted by atomic mass is 19.1. The SMILES string of the molecule is CN1C2CCC1CC(CNc1c(F)cc(C#N)cc1F)C2. The molecule has 0 saturated carbocycles. The van der Waals surface area contributed by atoms with Crippen LogP contribution in [0.1, 0.15) is 31.2 Å². The molecule has 2 unspecified atom stereocenters. The number of nitriles is 1. The molecule has 2 aliphatic heterocycles. The monoisotopic (exact) mass is 291 g/mol. The maximum absolute atomic E-state index is 13.8. The van der Waals surface area contributed by atoms with E-state index < -0.39 is 11.6 Å². The van der Waals surface area contributed by atoms with Crippen molar-refractivity contribution in [2.75, 3.05) is 18.9 Å². The van der Waals surface area contributed by atoms with E-state index in [4.69, 9.17) is 5.26 Å². The smallest absolute Gasteiger partial charge is 0.150 e. The molecule has 0 spiro atoms. The number of hydrogen-bond donors (Lipinski definition) is 1. The second-order valence-corrected chi connectivity index (χ2v) is 6.20. The Kier molecular flexibility index (Phi) is 3.81. The molecule has 0 aliphatic carbocycles. The van der Waals surface area contributed by atoms with Crippen LogP contribution in [0.4, 0.5) is 14.5 Å². The van der Waals surface area contributed by atoms with E-state index in [0.29, 0.717) is 24.5 Å². The van der Waals surface area contributed by atoms with Crippen molar-refractivity contribution in [1.82, 2.24) is 4.90 Å². The number of benzene rings is 1. The zero-order chi connectivity index (χ0) is 15.0. The number of halogens is 2. The van der Waals surface area contributed by atoms with Crippen LogP contribution in [-0.2, 0) is 0 Å². The lowest BCUT2D eigenvalue weighted by molar-refractivity contribution is 0.139. The third-order valence-corrected chi connectivity index (χ3v) is 4.93. The molecular weight excluding hydrogens is 272 g/mol. The molecule has 2 heterocycles. The van der Waals surface area contributed by atoms with Crippen LogP contribution in [0.3, 0.4) is 0 Å². The normalized spacial score (nSPS) is 28.4. The Hall–Kier alpha value is -1.67. The third kappa shape index (κ3) is 2.73. The van der Waals surface area contributed by atoms with Crippen LogP contribution in [0.25, 0.3) is 0 Å². The van der Waals surface area contributed by atoms with Gasteiger partial charge in [-0.15, -0.1) is 0 Å². The Morgan fingerprint density at radius 2 is 1.81 bits per heavy atom. The molecule has 0 amide bonds. The maximum Gasteiger partial charge on any atom is 0.150 e. The number of piperidine rings is 1. The van der Waals surface area contributed by atoms with E-state index in [1.54, 1.807) is 6.07 Å². The van der Waals surface area contributed by atoms with Gasteiger partial charge in [0.05, 0.1) is 11.6 Å². The van der Waals surface area contributed by atoms with Crippen molar-refractivity contribution in [2.45, 2.75) is 37.8 Å². The average Bonchev–Trinajstić information content (AvgIpc) is 2.68. The minimum absolute atomic E-state index is 0.00730. The van der Waals surface area contributed by atoms with Gasteiger partial charge >= 0.3 is 0 Å². The zero-order valence-corrected chi connectivity index (χ0v) is 12.1. The fourth-order valence-electron chi connectivity index (χ4n) is 3.74. The summed E-state index contributed by atoms with van der Waals surface area (Å²) in [4.78, 5) is 2.44. The summed E-state index contributed by atoms with van der Waals surface area (Å²) in [5.74, 6) is -0.932. The van der Waals surface area contributed by atoms with Gasteiger partial charge in [0.15, 0.2) is 11.6 Å². The molecule has 2 bridgehead atoms. The second-order valence-electron chi connectivity index (χ2n) is 6.20. The van der Waals surface area contributed by atoms with Crippen LogP contribution in [0.15, 0.2) is 12.1 Å². The number of nitrogens with one attached hydrogen (secondary N) is 1. The molecular formula is C16H19F2N3. The van der Waals surface area contributed by atoms with Crippen molar-refractivity contribution in [3.05, 3.63) is 29.3 Å². The van der Waals surface area contributed by atoms with Gasteiger partial charge in [-0.1, -0.05) is 0 Å². The first-order valence-corrected chi connectivity index (χ1v) is 7.43. The van der Waals surface area contributed by atoms with Gasteiger partial charge in [0, 0.05) is 18.6 Å². The first kappa shape index (κ1) is 14.3. The van der Waals surface area contributed by atoms with Gasteiger partial charge in [0.2, 0.25) is 0 Å². The third-order valence-electron chi connectivity index (χ3n) is 4.93. The molecule has 1 aromatic rings. The molecule has 3 nitrogen and oxygen atoms in total. The Morgan fingerprint density at radius 1 is 1.24 bits per heavy atom. The quantitative estimate of drug-likeness (QED) is 0.930. The fraction of sp³-hybridized carbons (Fsp3) is 0.562. The van der Waals surface area contributed by atoms with Crippen molar-refractivity contribution < 1.29 is 8.78 Å². The number of anilines is 1. The molecule has 2 atom stereocenters. The molecule has 0 aromatic heterocycles. The summed E-state index contributed by atoms with van der Waals surface area (Å²) in [7, 11) is 2.17. The number of nitrogens with zero attached hydrogens (tertiary/aromatic N) is 2. The van der Waals surface area contributed by atoms with E-state index in [0.717, 1.165) is 25.0 Å². The maximum atomic E-state index is 13.8. The zero-order valence-electron chi connectivity index (χ0n) is 12.1. The van der Waals surface area contributed by atoms with Crippen molar-refractivity contribution in [2.24, 2.45) is 5.92 Å². The van der Waals surface area contributed by atoms with Crippen LogP contribution in [-0.4, -0.2) is 30.6 Å². The van der Waals surface area contributed by atoms with Crippen LogP contribution in [0, 0.1) is 28.9 Å². The van der Waals surface area contributed by atoms with Crippen LogP contribution in [0.5, 0.6) is 0 Å². The van der Waals surface area contributed by atoms with Crippen molar-refractivity contribution in [3.8, 4) is 6.07 Å². The molecule has 0 radical (unpaired) electrons. The summed E-state index contributed by atoms with van der Waals surface area (Å²) in [6, 6.07) is 5.13. The lowest BCUT2D eigenvalue weighted by Gasteiger charge is -2.36. The predicted octanol–water partition coefficient (Wildman–Crippen LogP) is 3.12. The highest BCUT2D eigenvalue weighted by Crippen LogP contribution is 2.37. The second kappa shape index (κ2) is 5.61. The van der Waals surface area contributed by atoms with E-state index in [1.807, 2.05) is 0 Å². The van der Waals surface area contributed by atoms with Crippen molar-refractivity contribution >= 4 is 5.69 Å². The minimum atomic E-state index is -0.692. The van der Waals surface area contributed by atoms with Gasteiger partial charge in [0.1, 0.15) is 5.69 Å². The van der Waals surface area contributed by atoms with Gasteiger partial charge in [-0.05, 0) is 50.8 Å². The average molecular weight is 291 g/mol. The van der Waals surface area contributed by atoms with Crippen molar-refractivity contribution in [3.63, 3.8) is 0 Å². The number of hydrogen-bond acceptors (Lipinski definition) is 3. The topological polar surface area (TPSA) is 39.1 Å². The molecule has 5 heteroatoms. The summed E-state index contributed by atoms with van der Waals surface area (Å²) in [5, 5.41) is 11.6. The largest absolute Gasteiger partial charge is 0.380 e. The Labute approximate surface area is 123 Å². The van der Waals surface area contributed by atoms with Crippen LogP contribution in [0.2, 0.25) is 0 Å². The molecule has 112 valence electrons. The van der Waals surface area contributed by atoms with E-state index in [1.165, 1.54) is 12.8 Å².